The van der Waals surface area contributed by atoms with Crippen molar-refractivity contribution in [2.45, 2.75) is 34.1 Å². The summed E-state index contributed by atoms with van der Waals surface area (Å²) in [5, 5.41) is 0.905. The molecule has 1 aromatic heterocycles. The van der Waals surface area contributed by atoms with E-state index in [1.165, 1.54) is 0 Å². The van der Waals surface area contributed by atoms with Crippen LogP contribution in [0.4, 0.5) is 0 Å². The fraction of sp³-hybridized carbons (Fsp3) is 0.421. The lowest BCUT2D eigenvalue weighted by molar-refractivity contribution is 0.409. The molecule has 2 unspecified atom stereocenters. The minimum atomic E-state index is -0.0576. The van der Waals surface area contributed by atoms with E-state index in [0.29, 0.717) is 11.8 Å². The molecule has 2 aliphatic carbocycles. The fourth-order valence-corrected chi connectivity index (χ4v) is 4.00. The minimum absolute atomic E-state index is 0.0576. The van der Waals surface area contributed by atoms with Gasteiger partial charge in [0.15, 0.2) is 5.43 Å². The minimum Gasteiger partial charge on any atom is -0.289 e. The van der Waals surface area contributed by atoms with Crippen molar-refractivity contribution in [2.75, 3.05) is 0 Å². The Morgan fingerprint density at radius 2 is 2.14 bits per heavy atom. The molecule has 0 aliphatic heterocycles. The van der Waals surface area contributed by atoms with E-state index in [4.69, 9.17) is 0 Å². The van der Waals surface area contributed by atoms with Crippen molar-refractivity contribution in [1.29, 1.82) is 0 Å². The zero-order valence-corrected chi connectivity index (χ0v) is 14.0. The average Bonchev–Trinajstić information content (AvgIpc) is 2.60. The van der Waals surface area contributed by atoms with Crippen LogP contribution in [0.15, 0.2) is 23.0 Å². The molecule has 0 aromatic carbocycles. The van der Waals surface area contributed by atoms with Crippen LogP contribution in [-0.4, -0.2) is 0 Å². The molecular weight excluding hydrogens is 276 g/mol. The lowest BCUT2D eigenvalue weighted by Crippen LogP contribution is -2.42. The number of fused-ring (bicyclic) bond motifs is 2. The lowest BCUT2D eigenvalue weighted by Gasteiger charge is -2.26. The standard InChI is InChI=1S/C19H22OS/c1-12(2)19(4)9-5-6-16-15(11-19)18(20)14-10-13(3)7-8-17(14)21-16/h5-9,11-13H,10H2,1-4H3. The van der Waals surface area contributed by atoms with Crippen LogP contribution in [0, 0.1) is 17.3 Å². The molecule has 0 saturated carbocycles. The highest BCUT2D eigenvalue weighted by atomic mass is 32.1. The summed E-state index contributed by atoms with van der Waals surface area (Å²) < 4.78 is 1.10. The van der Waals surface area contributed by atoms with Crippen molar-refractivity contribution < 1.29 is 0 Å². The molecule has 0 saturated heterocycles. The second-order valence-electron chi connectivity index (χ2n) is 6.78. The highest BCUT2D eigenvalue weighted by molar-refractivity contribution is 7.10. The van der Waals surface area contributed by atoms with Crippen LogP contribution in [0.2, 0.25) is 0 Å². The van der Waals surface area contributed by atoms with Crippen molar-refractivity contribution in [3.8, 4) is 0 Å². The van der Waals surface area contributed by atoms with E-state index in [1.807, 2.05) is 0 Å². The first-order chi connectivity index (χ1) is 9.90. The van der Waals surface area contributed by atoms with Gasteiger partial charge in [-0.3, -0.25) is 4.79 Å². The van der Waals surface area contributed by atoms with E-state index >= 15 is 0 Å². The van der Waals surface area contributed by atoms with Gasteiger partial charge in [-0.2, -0.15) is 0 Å². The van der Waals surface area contributed by atoms with Crippen molar-refractivity contribution in [2.24, 2.45) is 17.3 Å². The molecule has 0 bridgehead atoms. The van der Waals surface area contributed by atoms with Gasteiger partial charge in [-0.05, 0) is 30.4 Å². The molecule has 2 aliphatic rings. The first kappa shape index (κ1) is 14.5. The first-order valence-electron chi connectivity index (χ1n) is 7.67. The largest absolute Gasteiger partial charge is 0.289 e. The molecule has 3 rings (SSSR count). The first-order valence-corrected chi connectivity index (χ1v) is 8.49. The Balaban J connectivity index is 2.35. The van der Waals surface area contributed by atoms with E-state index in [-0.39, 0.29) is 10.8 Å². The van der Waals surface area contributed by atoms with Crippen LogP contribution in [0.5, 0.6) is 0 Å². The summed E-state index contributed by atoms with van der Waals surface area (Å²) in [5.41, 5.74) is 1.19. The zero-order valence-electron chi connectivity index (χ0n) is 13.1. The van der Waals surface area contributed by atoms with Crippen molar-refractivity contribution in [3.05, 3.63) is 48.6 Å². The predicted molar refractivity (Wildman–Crippen MR) is 92.8 cm³/mol. The van der Waals surface area contributed by atoms with E-state index in [2.05, 4.69) is 64.2 Å². The summed E-state index contributed by atoms with van der Waals surface area (Å²) >= 11 is 1.74. The summed E-state index contributed by atoms with van der Waals surface area (Å²) in [5.74, 6) is 0.923. The molecule has 0 spiro atoms. The topological polar surface area (TPSA) is 17.1 Å². The van der Waals surface area contributed by atoms with Gasteiger partial charge in [-0.15, -0.1) is 11.3 Å². The highest BCUT2D eigenvalue weighted by Crippen LogP contribution is 2.31. The van der Waals surface area contributed by atoms with Gasteiger partial charge in [0, 0.05) is 25.6 Å². The number of hydrogen-bond donors (Lipinski definition) is 0. The second-order valence-corrected chi connectivity index (χ2v) is 7.87. The third-order valence-electron chi connectivity index (χ3n) is 4.81. The molecule has 1 heterocycles. The van der Waals surface area contributed by atoms with Gasteiger partial charge in [0.2, 0.25) is 0 Å². The average molecular weight is 298 g/mol. The van der Waals surface area contributed by atoms with Gasteiger partial charge in [0.1, 0.15) is 0 Å². The summed E-state index contributed by atoms with van der Waals surface area (Å²) in [4.78, 5) is 14.1. The van der Waals surface area contributed by atoms with E-state index < -0.39 is 0 Å². The Labute approximate surface area is 130 Å². The highest BCUT2D eigenvalue weighted by Gasteiger charge is 2.24. The molecule has 0 N–H and O–H groups in total. The Kier molecular flexibility index (Phi) is 3.53. The van der Waals surface area contributed by atoms with E-state index in [0.717, 1.165) is 26.6 Å². The van der Waals surface area contributed by atoms with Gasteiger partial charge in [0.05, 0.1) is 0 Å². The van der Waals surface area contributed by atoms with Crippen LogP contribution in [-0.2, 0) is 6.42 Å². The van der Waals surface area contributed by atoms with E-state index in [1.54, 1.807) is 11.3 Å². The van der Waals surface area contributed by atoms with Crippen LogP contribution in [0.3, 0.4) is 0 Å². The van der Waals surface area contributed by atoms with Gasteiger partial charge in [0.25, 0.3) is 0 Å². The Morgan fingerprint density at radius 3 is 2.86 bits per heavy atom. The van der Waals surface area contributed by atoms with Crippen LogP contribution < -0.4 is 15.2 Å². The maximum atomic E-state index is 13.0. The molecule has 0 radical (unpaired) electrons. The predicted octanol–water partition coefficient (Wildman–Crippen LogP) is 3.11. The van der Waals surface area contributed by atoms with Gasteiger partial charge in [-0.1, -0.05) is 52.0 Å². The SMILES string of the molecule is CC1C=Cc2sc3c(c(=O)c2C1)=CC(C)(C(C)C)C=CC=3. The lowest BCUT2D eigenvalue weighted by atomic mass is 9.78. The maximum absolute atomic E-state index is 13.0. The van der Waals surface area contributed by atoms with Crippen molar-refractivity contribution in [1.82, 2.24) is 0 Å². The summed E-state index contributed by atoms with van der Waals surface area (Å²) in [6.45, 7) is 8.81. The quantitative estimate of drug-likeness (QED) is 0.778. The molecule has 1 aromatic rings. The molecule has 0 amide bonds. The van der Waals surface area contributed by atoms with Crippen LogP contribution in [0.1, 0.15) is 38.1 Å². The van der Waals surface area contributed by atoms with E-state index in [9.17, 15) is 4.79 Å². The number of rotatable bonds is 1. The third kappa shape index (κ3) is 2.46. The summed E-state index contributed by atoms with van der Waals surface area (Å²) in [7, 11) is 0. The van der Waals surface area contributed by atoms with Crippen LogP contribution in [0.25, 0.3) is 18.2 Å². The summed E-state index contributed by atoms with van der Waals surface area (Å²) in [6.07, 6.45) is 13.8. The van der Waals surface area contributed by atoms with Crippen molar-refractivity contribution in [3.63, 3.8) is 0 Å². The normalized spacial score (nSPS) is 26.6. The number of allylic oxidation sites excluding steroid dienone is 3. The molecule has 110 valence electrons. The fourth-order valence-electron chi connectivity index (χ4n) is 2.91. The maximum Gasteiger partial charge on any atom is 0.191 e. The second kappa shape index (κ2) is 5.10. The molecular formula is C19H22OS. The number of hydrogen-bond acceptors (Lipinski definition) is 2. The molecule has 0 fully saturated rings. The zero-order chi connectivity index (χ0) is 15.2. The molecule has 2 atom stereocenters. The smallest absolute Gasteiger partial charge is 0.191 e. The van der Waals surface area contributed by atoms with Crippen LogP contribution >= 0.6 is 11.3 Å². The Bertz CT molecular complexity index is 807. The third-order valence-corrected chi connectivity index (χ3v) is 5.98. The molecule has 2 heteroatoms. The molecule has 1 nitrogen and oxygen atoms in total. The van der Waals surface area contributed by atoms with Gasteiger partial charge >= 0.3 is 0 Å². The van der Waals surface area contributed by atoms with Gasteiger partial charge < -0.3 is 0 Å². The molecule has 21 heavy (non-hydrogen) atoms. The van der Waals surface area contributed by atoms with Crippen molar-refractivity contribution >= 4 is 29.6 Å². The van der Waals surface area contributed by atoms with Gasteiger partial charge in [-0.25, -0.2) is 0 Å². The summed E-state index contributed by atoms with van der Waals surface area (Å²) in [6, 6.07) is 0. The Hall–Kier alpha value is -1.41. The Morgan fingerprint density at radius 1 is 1.38 bits per heavy atom. The monoisotopic (exact) mass is 298 g/mol.